The van der Waals surface area contributed by atoms with Gasteiger partial charge in [0.05, 0.1) is 6.21 Å². The third kappa shape index (κ3) is 5.03. The second-order valence-corrected chi connectivity index (χ2v) is 5.15. The lowest BCUT2D eigenvalue weighted by atomic mass is 10.1. The predicted octanol–water partition coefficient (Wildman–Crippen LogP) is 2.24. The van der Waals surface area contributed by atoms with Gasteiger partial charge in [0.25, 0.3) is 5.91 Å². The Kier molecular flexibility index (Phi) is 5.19. The Labute approximate surface area is 134 Å². The molecule has 0 bridgehead atoms. The molecular formula is C17H18N2O4. The van der Waals surface area contributed by atoms with Crippen LogP contribution in [0.25, 0.3) is 0 Å². The Morgan fingerprint density at radius 1 is 1.17 bits per heavy atom. The summed E-state index contributed by atoms with van der Waals surface area (Å²) in [5.74, 6) is 0.0245. The lowest BCUT2D eigenvalue weighted by Gasteiger charge is -2.07. The van der Waals surface area contributed by atoms with E-state index in [9.17, 15) is 15.0 Å². The molecule has 0 spiro atoms. The van der Waals surface area contributed by atoms with Crippen molar-refractivity contribution >= 4 is 12.1 Å². The molecule has 0 radical (unpaired) electrons. The van der Waals surface area contributed by atoms with Crippen molar-refractivity contribution in [1.29, 1.82) is 0 Å². The Morgan fingerprint density at radius 2 is 1.87 bits per heavy atom. The van der Waals surface area contributed by atoms with Gasteiger partial charge in [0.1, 0.15) is 17.2 Å². The number of amides is 1. The van der Waals surface area contributed by atoms with Gasteiger partial charge in [-0.25, -0.2) is 5.43 Å². The standard InChI is InChI=1S/C17H18N2O4/c1-11-5-12(2)7-15(6-11)23-10-17(22)19-18-9-13-3-4-14(20)8-16(13)21/h3-9,20-21H,10H2,1-2H3,(H,19,22)/b18-9-. The highest BCUT2D eigenvalue weighted by Crippen LogP contribution is 2.20. The van der Waals surface area contributed by atoms with Crippen molar-refractivity contribution in [1.82, 2.24) is 5.43 Å². The van der Waals surface area contributed by atoms with Crippen LogP contribution in [-0.2, 0) is 4.79 Å². The maximum Gasteiger partial charge on any atom is 0.277 e. The summed E-state index contributed by atoms with van der Waals surface area (Å²) >= 11 is 0. The van der Waals surface area contributed by atoms with Crippen molar-refractivity contribution in [2.75, 3.05) is 6.61 Å². The van der Waals surface area contributed by atoms with E-state index in [1.807, 2.05) is 32.0 Å². The first-order valence-corrected chi connectivity index (χ1v) is 6.99. The van der Waals surface area contributed by atoms with E-state index >= 15 is 0 Å². The van der Waals surface area contributed by atoms with Crippen LogP contribution in [-0.4, -0.2) is 28.9 Å². The molecule has 0 atom stereocenters. The Hall–Kier alpha value is -3.02. The average Bonchev–Trinajstić information content (AvgIpc) is 2.46. The second-order valence-electron chi connectivity index (χ2n) is 5.15. The molecule has 2 aromatic carbocycles. The maximum atomic E-state index is 11.7. The summed E-state index contributed by atoms with van der Waals surface area (Å²) in [5, 5.41) is 22.5. The van der Waals surface area contributed by atoms with Crippen molar-refractivity contribution in [3.05, 3.63) is 53.1 Å². The number of carbonyl (C=O) groups is 1. The lowest BCUT2D eigenvalue weighted by molar-refractivity contribution is -0.123. The average molecular weight is 314 g/mol. The molecule has 0 aliphatic heterocycles. The van der Waals surface area contributed by atoms with E-state index in [0.29, 0.717) is 11.3 Å². The van der Waals surface area contributed by atoms with E-state index in [4.69, 9.17) is 4.74 Å². The molecule has 0 aromatic heterocycles. The van der Waals surface area contributed by atoms with Crippen LogP contribution < -0.4 is 10.2 Å². The number of carbonyl (C=O) groups excluding carboxylic acids is 1. The van der Waals surface area contributed by atoms with Gasteiger partial charge in [-0.2, -0.15) is 5.10 Å². The van der Waals surface area contributed by atoms with Crippen molar-refractivity contribution < 1.29 is 19.7 Å². The fourth-order valence-electron chi connectivity index (χ4n) is 2.01. The van der Waals surface area contributed by atoms with Gasteiger partial charge < -0.3 is 14.9 Å². The van der Waals surface area contributed by atoms with Crippen molar-refractivity contribution in [2.24, 2.45) is 5.10 Å². The first-order valence-electron chi connectivity index (χ1n) is 6.99. The smallest absolute Gasteiger partial charge is 0.277 e. The van der Waals surface area contributed by atoms with Crippen LogP contribution in [0.1, 0.15) is 16.7 Å². The van der Waals surface area contributed by atoms with Gasteiger partial charge in [-0.1, -0.05) is 6.07 Å². The minimum Gasteiger partial charge on any atom is -0.508 e. The zero-order valence-corrected chi connectivity index (χ0v) is 12.9. The zero-order valence-electron chi connectivity index (χ0n) is 12.9. The van der Waals surface area contributed by atoms with E-state index in [-0.39, 0.29) is 18.1 Å². The van der Waals surface area contributed by atoms with Crippen LogP contribution in [0.2, 0.25) is 0 Å². The SMILES string of the molecule is Cc1cc(C)cc(OCC(=O)N/N=C\c2ccc(O)cc2O)c1. The maximum absolute atomic E-state index is 11.7. The molecule has 6 nitrogen and oxygen atoms in total. The fourth-order valence-corrected chi connectivity index (χ4v) is 2.01. The lowest BCUT2D eigenvalue weighted by Crippen LogP contribution is -2.24. The fraction of sp³-hybridized carbons (Fsp3) is 0.176. The largest absolute Gasteiger partial charge is 0.508 e. The zero-order chi connectivity index (χ0) is 16.8. The Balaban J connectivity index is 1.86. The first kappa shape index (κ1) is 16.4. The molecule has 2 aromatic rings. The highest BCUT2D eigenvalue weighted by Gasteiger charge is 2.03. The molecule has 3 N–H and O–H groups in total. The number of phenolic OH excluding ortho intramolecular Hbond substituents is 2. The Bertz CT molecular complexity index is 721. The van der Waals surface area contributed by atoms with Crippen LogP contribution in [0.4, 0.5) is 0 Å². The molecule has 0 unspecified atom stereocenters. The normalized spacial score (nSPS) is 10.7. The van der Waals surface area contributed by atoms with Crippen LogP contribution in [0.15, 0.2) is 41.5 Å². The number of hydrogen-bond donors (Lipinski definition) is 3. The minimum atomic E-state index is -0.418. The van der Waals surface area contributed by atoms with Crippen LogP contribution in [0.3, 0.4) is 0 Å². The van der Waals surface area contributed by atoms with E-state index in [0.717, 1.165) is 11.1 Å². The molecule has 0 saturated carbocycles. The van der Waals surface area contributed by atoms with Gasteiger partial charge in [-0.3, -0.25) is 4.79 Å². The Morgan fingerprint density at radius 3 is 2.52 bits per heavy atom. The van der Waals surface area contributed by atoms with Crippen LogP contribution in [0, 0.1) is 13.8 Å². The minimum absolute atomic E-state index is 0.0504. The number of phenols is 2. The molecular weight excluding hydrogens is 296 g/mol. The summed E-state index contributed by atoms with van der Waals surface area (Å²) < 4.78 is 5.40. The number of nitrogens with one attached hydrogen (secondary N) is 1. The monoisotopic (exact) mass is 314 g/mol. The summed E-state index contributed by atoms with van der Waals surface area (Å²) in [6, 6.07) is 9.78. The molecule has 0 saturated heterocycles. The molecule has 0 heterocycles. The number of aromatic hydroxyl groups is 2. The summed E-state index contributed by atoms with van der Waals surface area (Å²) in [7, 11) is 0. The highest BCUT2D eigenvalue weighted by molar-refractivity contribution is 5.85. The van der Waals surface area contributed by atoms with Crippen molar-refractivity contribution in [3.8, 4) is 17.2 Å². The van der Waals surface area contributed by atoms with Gasteiger partial charge in [0.2, 0.25) is 0 Å². The quantitative estimate of drug-likeness (QED) is 0.583. The number of aryl methyl sites for hydroxylation is 2. The van der Waals surface area contributed by atoms with Gasteiger partial charge in [-0.15, -0.1) is 0 Å². The topological polar surface area (TPSA) is 91.2 Å². The third-order valence-corrected chi connectivity index (χ3v) is 2.97. The third-order valence-electron chi connectivity index (χ3n) is 2.97. The van der Waals surface area contributed by atoms with Gasteiger partial charge in [-0.05, 0) is 49.2 Å². The second kappa shape index (κ2) is 7.31. The molecule has 6 heteroatoms. The number of benzene rings is 2. The molecule has 23 heavy (non-hydrogen) atoms. The number of rotatable bonds is 5. The van der Waals surface area contributed by atoms with E-state index < -0.39 is 5.91 Å². The molecule has 1 amide bonds. The van der Waals surface area contributed by atoms with Crippen molar-refractivity contribution in [3.63, 3.8) is 0 Å². The predicted molar refractivity (Wildman–Crippen MR) is 86.9 cm³/mol. The number of hydrazone groups is 1. The summed E-state index contributed by atoms with van der Waals surface area (Å²) in [6.45, 7) is 3.74. The summed E-state index contributed by atoms with van der Waals surface area (Å²) in [5.41, 5.74) is 4.79. The number of nitrogens with zero attached hydrogens (tertiary/aromatic N) is 1. The molecule has 0 fully saturated rings. The molecule has 0 aliphatic rings. The molecule has 2 rings (SSSR count). The number of ether oxygens (including phenoxy) is 1. The first-order chi connectivity index (χ1) is 10.9. The van der Waals surface area contributed by atoms with E-state index in [2.05, 4.69) is 10.5 Å². The highest BCUT2D eigenvalue weighted by atomic mass is 16.5. The summed E-state index contributed by atoms with van der Waals surface area (Å²) in [4.78, 5) is 11.7. The van der Waals surface area contributed by atoms with E-state index in [1.54, 1.807) is 0 Å². The van der Waals surface area contributed by atoms with Gasteiger partial charge in [0.15, 0.2) is 6.61 Å². The van der Waals surface area contributed by atoms with Gasteiger partial charge in [0, 0.05) is 11.6 Å². The molecule has 120 valence electrons. The number of hydrogen-bond acceptors (Lipinski definition) is 5. The van der Waals surface area contributed by atoms with E-state index in [1.165, 1.54) is 24.4 Å². The van der Waals surface area contributed by atoms with Gasteiger partial charge >= 0.3 is 0 Å². The van der Waals surface area contributed by atoms with Crippen molar-refractivity contribution in [2.45, 2.75) is 13.8 Å². The van der Waals surface area contributed by atoms with Crippen LogP contribution in [0.5, 0.6) is 17.2 Å². The summed E-state index contributed by atoms with van der Waals surface area (Å²) in [6.07, 6.45) is 1.28. The van der Waals surface area contributed by atoms with Crippen LogP contribution >= 0.6 is 0 Å². The molecule has 0 aliphatic carbocycles.